The van der Waals surface area contributed by atoms with Gasteiger partial charge in [-0.05, 0) is 12.0 Å². The van der Waals surface area contributed by atoms with E-state index in [0.29, 0.717) is 6.42 Å². The van der Waals surface area contributed by atoms with E-state index >= 15 is 0 Å². The molecule has 5 nitrogen and oxygen atoms in total. The maximum absolute atomic E-state index is 9.33. The largest absolute Gasteiger partial charge is 0.396 e. The van der Waals surface area contributed by atoms with E-state index < -0.39 is 0 Å². The van der Waals surface area contributed by atoms with Gasteiger partial charge in [0.15, 0.2) is 0 Å². The van der Waals surface area contributed by atoms with Gasteiger partial charge in [-0.25, -0.2) is 9.50 Å². The zero-order valence-corrected chi connectivity index (χ0v) is 14.5. The van der Waals surface area contributed by atoms with Crippen LogP contribution >= 0.6 is 11.3 Å². The molecule has 0 amide bonds. The molecule has 0 spiro atoms. The van der Waals surface area contributed by atoms with Crippen LogP contribution in [-0.2, 0) is 5.41 Å². The van der Waals surface area contributed by atoms with Gasteiger partial charge < -0.3 is 10.4 Å². The summed E-state index contributed by atoms with van der Waals surface area (Å²) in [6.07, 6.45) is 2.62. The van der Waals surface area contributed by atoms with Gasteiger partial charge in [-0.3, -0.25) is 0 Å². The first-order valence-corrected chi connectivity index (χ1v) is 8.58. The fraction of sp³-hybridized carbons (Fsp3) is 0.412. The molecule has 0 saturated carbocycles. The first-order valence-electron chi connectivity index (χ1n) is 7.76. The number of anilines is 1. The number of nitrogens with zero attached hydrogens (tertiary/aromatic N) is 3. The summed E-state index contributed by atoms with van der Waals surface area (Å²) in [5, 5.41) is 18.1. The van der Waals surface area contributed by atoms with E-state index in [0.717, 1.165) is 21.3 Å². The van der Waals surface area contributed by atoms with Crippen molar-refractivity contribution in [1.29, 1.82) is 0 Å². The fourth-order valence-corrected chi connectivity index (χ4v) is 3.24. The molecule has 0 fully saturated rings. The molecule has 0 aliphatic carbocycles. The number of nitrogens with one attached hydrogen (secondary N) is 1. The average Bonchev–Trinajstić information content (AvgIpc) is 3.05. The van der Waals surface area contributed by atoms with Gasteiger partial charge in [0.25, 0.3) is 0 Å². The van der Waals surface area contributed by atoms with E-state index in [1.807, 2.05) is 28.9 Å². The van der Waals surface area contributed by atoms with Gasteiger partial charge in [-0.15, -0.1) is 5.10 Å². The predicted molar refractivity (Wildman–Crippen MR) is 94.1 cm³/mol. The third kappa shape index (κ3) is 3.54. The van der Waals surface area contributed by atoms with E-state index in [9.17, 15) is 5.11 Å². The van der Waals surface area contributed by atoms with Crippen LogP contribution in [0.5, 0.6) is 0 Å². The highest BCUT2D eigenvalue weighted by Crippen LogP contribution is 2.28. The molecular weight excluding hydrogens is 308 g/mol. The van der Waals surface area contributed by atoms with Crippen LogP contribution < -0.4 is 5.32 Å². The summed E-state index contributed by atoms with van der Waals surface area (Å²) >= 11 is 1.53. The third-order valence-electron chi connectivity index (χ3n) is 3.73. The molecule has 0 aliphatic rings. The summed E-state index contributed by atoms with van der Waals surface area (Å²) in [5.74, 6) is 0. The highest BCUT2D eigenvalue weighted by Gasteiger charge is 2.20. The number of aromatic nitrogens is 3. The van der Waals surface area contributed by atoms with Gasteiger partial charge in [-0.1, -0.05) is 62.4 Å². The molecule has 23 heavy (non-hydrogen) atoms. The van der Waals surface area contributed by atoms with Crippen LogP contribution in [0.2, 0.25) is 0 Å². The Morgan fingerprint density at radius 2 is 2.00 bits per heavy atom. The van der Waals surface area contributed by atoms with Crippen molar-refractivity contribution in [3.8, 4) is 0 Å². The van der Waals surface area contributed by atoms with Gasteiger partial charge in [0, 0.05) is 12.0 Å². The molecule has 122 valence electrons. The van der Waals surface area contributed by atoms with Gasteiger partial charge in [0.2, 0.25) is 10.1 Å². The number of rotatable bonds is 5. The molecule has 3 rings (SSSR count). The lowest BCUT2D eigenvalue weighted by Gasteiger charge is -2.17. The smallest absolute Gasteiger partial charge is 0.214 e. The molecule has 0 bridgehead atoms. The Bertz CT molecular complexity index is 741. The molecule has 6 heteroatoms. The lowest BCUT2D eigenvalue weighted by molar-refractivity contribution is 0.280. The number of aliphatic hydroxyl groups excluding tert-OH is 1. The van der Waals surface area contributed by atoms with Crippen LogP contribution in [0, 0.1) is 0 Å². The van der Waals surface area contributed by atoms with E-state index in [4.69, 9.17) is 0 Å². The highest BCUT2D eigenvalue weighted by molar-refractivity contribution is 7.20. The van der Waals surface area contributed by atoms with Crippen molar-refractivity contribution in [3.63, 3.8) is 0 Å². The summed E-state index contributed by atoms with van der Waals surface area (Å²) in [4.78, 5) is 5.54. The average molecular weight is 330 g/mol. The highest BCUT2D eigenvalue weighted by atomic mass is 32.1. The topological polar surface area (TPSA) is 62.5 Å². The summed E-state index contributed by atoms with van der Waals surface area (Å²) < 4.78 is 1.83. The minimum Gasteiger partial charge on any atom is -0.396 e. The Labute approximate surface area is 140 Å². The van der Waals surface area contributed by atoms with Crippen molar-refractivity contribution in [2.24, 2.45) is 0 Å². The third-order valence-corrected chi connectivity index (χ3v) is 4.58. The Hall–Kier alpha value is -1.92. The van der Waals surface area contributed by atoms with Gasteiger partial charge in [-0.2, -0.15) is 0 Å². The molecule has 3 aromatic rings. The van der Waals surface area contributed by atoms with Crippen LogP contribution in [0.3, 0.4) is 0 Å². The van der Waals surface area contributed by atoms with Crippen LogP contribution in [-0.4, -0.2) is 26.3 Å². The number of benzene rings is 1. The Morgan fingerprint density at radius 3 is 2.61 bits per heavy atom. The molecule has 1 atom stereocenters. The lowest BCUT2D eigenvalue weighted by Crippen LogP contribution is -2.13. The second-order valence-electron chi connectivity index (χ2n) is 6.63. The molecule has 2 aromatic heterocycles. The summed E-state index contributed by atoms with van der Waals surface area (Å²) in [6.45, 7) is 6.56. The normalized spacial score (nSPS) is 13.4. The number of fused-ring (bicyclic) bond motifs is 1. The van der Waals surface area contributed by atoms with Crippen LogP contribution in [0.25, 0.3) is 4.96 Å². The number of hydrogen-bond donors (Lipinski definition) is 2. The minimum atomic E-state index is 0.0183. The number of imidazole rings is 1. The minimum absolute atomic E-state index is 0.0183. The molecule has 0 radical (unpaired) electrons. The SMILES string of the molecule is CC(C)(C)c1cn2nc(N[C@@H](CCO)c3ccccc3)sc2n1. The van der Waals surface area contributed by atoms with E-state index in [-0.39, 0.29) is 18.1 Å². The van der Waals surface area contributed by atoms with E-state index in [2.05, 4.69) is 48.3 Å². The molecule has 0 saturated heterocycles. The second-order valence-corrected chi connectivity index (χ2v) is 7.59. The number of hydrogen-bond acceptors (Lipinski definition) is 5. The zero-order valence-electron chi connectivity index (χ0n) is 13.7. The van der Waals surface area contributed by atoms with Crippen molar-refractivity contribution in [2.75, 3.05) is 11.9 Å². The van der Waals surface area contributed by atoms with Crippen molar-refractivity contribution >= 4 is 21.4 Å². The molecule has 2 heterocycles. The summed E-state index contributed by atoms with van der Waals surface area (Å²) in [5.41, 5.74) is 2.20. The van der Waals surface area contributed by atoms with E-state index in [1.54, 1.807) is 0 Å². The Kier molecular flexibility index (Phi) is 4.37. The molecule has 2 N–H and O–H groups in total. The fourth-order valence-electron chi connectivity index (χ4n) is 2.41. The second kappa shape index (κ2) is 6.29. The van der Waals surface area contributed by atoms with Gasteiger partial charge in [0.05, 0.1) is 17.9 Å². The maximum Gasteiger partial charge on any atom is 0.214 e. The molecule has 0 aliphatic heterocycles. The Balaban J connectivity index is 1.83. The van der Waals surface area contributed by atoms with E-state index in [1.165, 1.54) is 11.3 Å². The van der Waals surface area contributed by atoms with Crippen molar-refractivity contribution in [3.05, 3.63) is 47.8 Å². The molecule has 0 unspecified atom stereocenters. The van der Waals surface area contributed by atoms with Gasteiger partial charge >= 0.3 is 0 Å². The standard InChI is InChI=1S/C17H22N4OS/c1-17(2,3)14-11-21-16(19-14)23-15(20-21)18-13(9-10-22)12-7-5-4-6-8-12/h4-8,11,13,22H,9-10H2,1-3H3,(H,18,20)/t13-/m0/s1. The zero-order chi connectivity index (χ0) is 16.4. The van der Waals surface area contributed by atoms with Crippen LogP contribution in [0.4, 0.5) is 5.13 Å². The van der Waals surface area contributed by atoms with Crippen molar-refractivity contribution in [2.45, 2.75) is 38.6 Å². The lowest BCUT2D eigenvalue weighted by atomic mass is 9.93. The first-order chi connectivity index (χ1) is 11.0. The van der Waals surface area contributed by atoms with Crippen molar-refractivity contribution < 1.29 is 5.11 Å². The first kappa shape index (κ1) is 16.0. The quantitative estimate of drug-likeness (QED) is 0.750. The van der Waals surface area contributed by atoms with Crippen molar-refractivity contribution in [1.82, 2.24) is 14.6 Å². The Morgan fingerprint density at radius 1 is 1.26 bits per heavy atom. The molecule has 1 aromatic carbocycles. The predicted octanol–water partition coefficient (Wildman–Crippen LogP) is 3.62. The van der Waals surface area contributed by atoms with Gasteiger partial charge in [0.1, 0.15) is 0 Å². The number of aliphatic hydroxyl groups is 1. The summed E-state index contributed by atoms with van der Waals surface area (Å²) in [7, 11) is 0. The maximum atomic E-state index is 9.33. The van der Waals surface area contributed by atoms with Crippen LogP contribution in [0.15, 0.2) is 36.5 Å². The summed E-state index contributed by atoms with van der Waals surface area (Å²) in [6, 6.07) is 10.2. The monoisotopic (exact) mass is 330 g/mol. The molecular formula is C17H22N4OS. The van der Waals surface area contributed by atoms with Crippen LogP contribution in [0.1, 0.15) is 44.5 Å².